The van der Waals surface area contributed by atoms with Gasteiger partial charge >= 0.3 is 0 Å². The minimum absolute atomic E-state index is 0.00852. The van der Waals surface area contributed by atoms with Crippen LogP contribution in [-0.4, -0.2) is 62.1 Å². The van der Waals surface area contributed by atoms with Crippen molar-refractivity contribution in [3.8, 4) is 5.75 Å². The van der Waals surface area contributed by atoms with E-state index in [0.717, 1.165) is 12.8 Å². The van der Waals surface area contributed by atoms with E-state index in [1.54, 1.807) is 29.2 Å². The van der Waals surface area contributed by atoms with Gasteiger partial charge in [0.2, 0.25) is 0 Å². The summed E-state index contributed by atoms with van der Waals surface area (Å²) in [5.74, 6) is 0.762. The maximum Gasteiger partial charge on any atom is 0.254 e. The summed E-state index contributed by atoms with van der Waals surface area (Å²) in [4.78, 5) is 14.8. The highest BCUT2D eigenvalue weighted by Crippen LogP contribution is 2.24. The van der Waals surface area contributed by atoms with E-state index in [1.165, 1.54) is 0 Å². The maximum atomic E-state index is 13.1. The van der Waals surface area contributed by atoms with Gasteiger partial charge in [0, 0.05) is 24.8 Å². The van der Waals surface area contributed by atoms with Gasteiger partial charge in [-0.3, -0.25) is 4.79 Å². The number of carbonyl (C=O) groups excluding carboxylic acids is 1. The summed E-state index contributed by atoms with van der Waals surface area (Å²) in [5.41, 5.74) is 0.545. The van der Waals surface area contributed by atoms with E-state index in [9.17, 15) is 13.2 Å². The van der Waals surface area contributed by atoms with Gasteiger partial charge in [0.1, 0.15) is 5.75 Å². The first kappa shape index (κ1) is 19.2. The van der Waals surface area contributed by atoms with E-state index < -0.39 is 9.84 Å². The summed E-state index contributed by atoms with van der Waals surface area (Å²) in [6, 6.07) is 6.77. The van der Waals surface area contributed by atoms with Gasteiger partial charge in [0.15, 0.2) is 9.84 Å². The fourth-order valence-corrected chi connectivity index (χ4v) is 5.27. The largest absolute Gasteiger partial charge is 0.491 e. The third kappa shape index (κ3) is 4.76. The fourth-order valence-electron chi connectivity index (χ4n) is 3.54. The van der Waals surface area contributed by atoms with Crippen molar-refractivity contribution in [1.82, 2.24) is 4.90 Å². The molecule has 2 heterocycles. The van der Waals surface area contributed by atoms with Crippen LogP contribution in [0.15, 0.2) is 24.3 Å². The molecule has 0 bridgehead atoms. The average molecular weight is 381 g/mol. The van der Waals surface area contributed by atoms with Crippen molar-refractivity contribution in [1.29, 1.82) is 0 Å². The lowest BCUT2D eigenvalue weighted by molar-refractivity contribution is 0.0441. The molecule has 3 rings (SSSR count). The van der Waals surface area contributed by atoms with Crippen molar-refractivity contribution < 1.29 is 22.7 Å². The highest BCUT2D eigenvalue weighted by atomic mass is 32.2. The van der Waals surface area contributed by atoms with Crippen LogP contribution in [0.3, 0.4) is 0 Å². The summed E-state index contributed by atoms with van der Waals surface area (Å²) in [6.45, 7) is 5.05. The van der Waals surface area contributed by atoms with E-state index in [4.69, 9.17) is 9.47 Å². The van der Waals surface area contributed by atoms with Crippen molar-refractivity contribution in [2.45, 2.75) is 51.4 Å². The third-order valence-electron chi connectivity index (χ3n) is 4.81. The van der Waals surface area contributed by atoms with Crippen LogP contribution in [0.1, 0.15) is 43.5 Å². The Labute approximate surface area is 155 Å². The Bertz CT molecular complexity index is 723. The zero-order valence-corrected chi connectivity index (χ0v) is 16.2. The number of carbonyl (C=O) groups is 1. The van der Waals surface area contributed by atoms with Crippen LogP contribution in [0.2, 0.25) is 0 Å². The Morgan fingerprint density at radius 3 is 2.54 bits per heavy atom. The van der Waals surface area contributed by atoms with Gasteiger partial charge in [-0.15, -0.1) is 0 Å². The van der Waals surface area contributed by atoms with E-state index in [0.29, 0.717) is 30.9 Å². The standard InChI is InChI=1S/C19H27NO5S/c1-14(2)25-17-7-5-15(6-8-17)19(21)20(12-18-4-3-10-24-18)16-9-11-26(22,23)13-16/h5-8,14,16,18H,3-4,9-13H2,1-2H3/t16-,18-/m0/s1. The Morgan fingerprint density at radius 1 is 1.27 bits per heavy atom. The molecule has 0 N–H and O–H groups in total. The normalized spacial score (nSPS) is 24.7. The number of sulfone groups is 1. The molecule has 2 aliphatic rings. The second kappa shape index (κ2) is 7.96. The lowest BCUT2D eigenvalue weighted by atomic mass is 10.1. The molecule has 1 amide bonds. The Hall–Kier alpha value is -1.60. The summed E-state index contributed by atoms with van der Waals surface area (Å²) >= 11 is 0. The first-order valence-corrected chi connectivity index (χ1v) is 11.1. The van der Waals surface area contributed by atoms with Crippen molar-refractivity contribution in [3.63, 3.8) is 0 Å². The van der Waals surface area contributed by atoms with Gasteiger partial charge in [-0.05, 0) is 57.4 Å². The quantitative estimate of drug-likeness (QED) is 0.756. The van der Waals surface area contributed by atoms with Crippen LogP contribution in [0.4, 0.5) is 0 Å². The first-order valence-electron chi connectivity index (χ1n) is 9.24. The minimum Gasteiger partial charge on any atom is -0.491 e. The average Bonchev–Trinajstić information content (AvgIpc) is 3.21. The summed E-state index contributed by atoms with van der Waals surface area (Å²) in [6.07, 6.45) is 2.44. The van der Waals surface area contributed by atoms with Gasteiger partial charge in [0.25, 0.3) is 5.91 Å². The van der Waals surface area contributed by atoms with Crippen molar-refractivity contribution in [2.24, 2.45) is 0 Å². The molecule has 2 saturated heterocycles. The highest BCUT2D eigenvalue weighted by molar-refractivity contribution is 7.91. The fraction of sp³-hybridized carbons (Fsp3) is 0.632. The molecule has 0 saturated carbocycles. The number of amides is 1. The Balaban J connectivity index is 1.77. The second-order valence-corrected chi connectivity index (χ2v) is 9.57. The SMILES string of the molecule is CC(C)Oc1ccc(C(=O)N(C[C@@H]2CCCO2)[C@H]2CCS(=O)(=O)C2)cc1. The molecule has 144 valence electrons. The van der Waals surface area contributed by atoms with Gasteiger partial charge in [0.05, 0.1) is 23.7 Å². The Kier molecular flexibility index (Phi) is 5.87. The molecule has 2 aliphatic heterocycles. The molecular formula is C19H27NO5S. The first-order chi connectivity index (χ1) is 12.3. The van der Waals surface area contributed by atoms with Crippen molar-refractivity contribution in [2.75, 3.05) is 24.7 Å². The number of rotatable bonds is 6. The predicted octanol–water partition coefficient (Wildman–Crippen LogP) is 2.28. The molecule has 1 aromatic carbocycles. The molecule has 0 aromatic heterocycles. The maximum absolute atomic E-state index is 13.1. The van der Waals surface area contributed by atoms with Crippen LogP contribution in [0.25, 0.3) is 0 Å². The molecule has 0 unspecified atom stereocenters. The Morgan fingerprint density at radius 2 is 2.00 bits per heavy atom. The van der Waals surface area contributed by atoms with E-state index in [1.807, 2.05) is 13.8 Å². The molecule has 0 radical (unpaired) electrons. The number of hydrogen-bond donors (Lipinski definition) is 0. The molecule has 1 aromatic rings. The lowest BCUT2D eigenvalue weighted by Crippen LogP contribution is -2.45. The summed E-state index contributed by atoms with van der Waals surface area (Å²) < 4.78 is 35.1. The molecule has 0 spiro atoms. The van der Waals surface area contributed by atoms with Crippen molar-refractivity contribution >= 4 is 15.7 Å². The minimum atomic E-state index is -3.06. The number of ether oxygens (including phenoxy) is 2. The van der Waals surface area contributed by atoms with Gasteiger partial charge in [-0.2, -0.15) is 0 Å². The smallest absolute Gasteiger partial charge is 0.254 e. The molecule has 7 heteroatoms. The second-order valence-electron chi connectivity index (χ2n) is 7.34. The van der Waals surface area contributed by atoms with Crippen LogP contribution in [-0.2, 0) is 14.6 Å². The van der Waals surface area contributed by atoms with Crippen LogP contribution in [0, 0.1) is 0 Å². The lowest BCUT2D eigenvalue weighted by Gasteiger charge is -2.30. The number of hydrogen-bond acceptors (Lipinski definition) is 5. The van der Waals surface area contributed by atoms with E-state index in [-0.39, 0.29) is 35.7 Å². The molecule has 2 atom stereocenters. The van der Waals surface area contributed by atoms with Crippen LogP contribution < -0.4 is 4.74 Å². The van der Waals surface area contributed by atoms with E-state index in [2.05, 4.69) is 0 Å². The summed E-state index contributed by atoms with van der Waals surface area (Å²) in [5, 5.41) is 0. The molecule has 2 fully saturated rings. The zero-order valence-electron chi connectivity index (χ0n) is 15.4. The summed E-state index contributed by atoms with van der Waals surface area (Å²) in [7, 11) is -3.06. The van der Waals surface area contributed by atoms with Gasteiger partial charge in [-0.25, -0.2) is 8.42 Å². The van der Waals surface area contributed by atoms with Gasteiger partial charge < -0.3 is 14.4 Å². The molecule has 0 aliphatic carbocycles. The topological polar surface area (TPSA) is 72.9 Å². The third-order valence-corrected chi connectivity index (χ3v) is 6.56. The van der Waals surface area contributed by atoms with Crippen LogP contribution >= 0.6 is 0 Å². The zero-order chi connectivity index (χ0) is 18.7. The van der Waals surface area contributed by atoms with Crippen LogP contribution in [0.5, 0.6) is 5.75 Å². The van der Waals surface area contributed by atoms with E-state index >= 15 is 0 Å². The molecule has 26 heavy (non-hydrogen) atoms. The number of benzene rings is 1. The monoisotopic (exact) mass is 381 g/mol. The highest BCUT2D eigenvalue weighted by Gasteiger charge is 2.36. The van der Waals surface area contributed by atoms with Gasteiger partial charge in [-0.1, -0.05) is 0 Å². The number of nitrogens with zero attached hydrogens (tertiary/aromatic N) is 1. The van der Waals surface area contributed by atoms with Crippen molar-refractivity contribution in [3.05, 3.63) is 29.8 Å². The molecular weight excluding hydrogens is 354 g/mol. The molecule has 6 nitrogen and oxygen atoms in total. The predicted molar refractivity (Wildman–Crippen MR) is 99.3 cm³/mol.